The molecule has 1 aliphatic rings. The van der Waals surface area contributed by atoms with Crippen molar-refractivity contribution in [1.29, 1.82) is 0 Å². The van der Waals surface area contributed by atoms with Gasteiger partial charge in [-0.05, 0) is 12.1 Å². The largest absolute Gasteiger partial charge is 0.493 e. The Labute approximate surface area is 162 Å². The molecule has 0 saturated carbocycles. The molecule has 0 spiro atoms. The summed E-state index contributed by atoms with van der Waals surface area (Å²) >= 11 is 0. The number of nitro groups is 2. The van der Waals surface area contributed by atoms with Gasteiger partial charge in [0, 0.05) is 17.6 Å². The van der Waals surface area contributed by atoms with E-state index in [2.05, 4.69) is 4.98 Å². The minimum absolute atomic E-state index is 0.0531. The minimum Gasteiger partial charge on any atom is -0.493 e. The zero-order valence-corrected chi connectivity index (χ0v) is 15.2. The number of nitro benzene ring substituents is 1. The Morgan fingerprint density at radius 1 is 0.966 bits per heavy atom. The molecule has 29 heavy (non-hydrogen) atoms. The van der Waals surface area contributed by atoms with E-state index in [9.17, 15) is 20.2 Å². The molecule has 0 N–H and O–H groups in total. The lowest BCUT2D eigenvalue weighted by Gasteiger charge is -2.11. The van der Waals surface area contributed by atoms with Crippen LogP contribution in [0.3, 0.4) is 0 Å². The first-order valence-corrected chi connectivity index (χ1v) is 8.22. The Morgan fingerprint density at radius 2 is 1.62 bits per heavy atom. The molecule has 0 amide bonds. The number of ether oxygens (including phenoxy) is 4. The first-order chi connectivity index (χ1) is 13.9. The van der Waals surface area contributed by atoms with Gasteiger partial charge in [0.05, 0.1) is 41.1 Å². The second-order valence-corrected chi connectivity index (χ2v) is 5.99. The summed E-state index contributed by atoms with van der Waals surface area (Å²) in [6.07, 6.45) is 1.38. The van der Waals surface area contributed by atoms with Crippen LogP contribution >= 0.6 is 0 Å². The van der Waals surface area contributed by atoms with Crippen molar-refractivity contribution in [2.75, 3.05) is 21.0 Å². The van der Waals surface area contributed by atoms with E-state index in [0.717, 1.165) is 0 Å². The van der Waals surface area contributed by atoms with E-state index in [1.165, 1.54) is 38.6 Å². The van der Waals surface area contributed by atoms with Gasteiger partial charge in [-0.25, -0.2) is 4.98 Å². The fourth-order valence-electron chi connectivity index (χ4n) is 3.18. The van der Waals surface area contributed by atoms with Crippen LogP contribution in [0.1, 0.15) is 0 Å². The van der Waals surface area contributed by atoms with Crippen molar-refractivity contribution in [2.45, 2.75) is 0 Å². The molecule has 0 bridgehead atoms. The smallest absolute Gasteiger partial charge is 0.303 e. The highest BCUT2D eigenvalue weighted by atomic mass is 16.7. The van der Waals surface area contributed by atoms with Gasteiger partial charge in [0.15, 0.2) is 28.7 Å². The van der Waals surface area contributed by atoms with Crippen molar-refractivity contribution in [3.05, 3.63) is 50.7 Å². The van der Waals surface area contributed by atoms with Crippen LogP contribution in [0.15, 0.2) is 30.5 Å². The van der Waals surface area contributed by atoms with Crippen LogP contribution in [0.25, 0.3) is 22.0 Å². The Balaban J connectivity index is 2.06. The third kappa shape index (κ3) is 2.88. The Kier molecular flexibility index (Phi) is 4.26. The van der Waals surface area contributed by atoms with E-state index < -0.39 is 15.5 Å². The number of rotatable bonds is 5. The van der Waals surface area contributed by atoms with Crippen molar-refractivity contribution in [3.63, 3.8) is 0 Å². The summed E-state index contributed by atoms with van der Waals surface area (Å²) < 4.78 is 20.9. The number of fused-ring (bicyclic) bond motifs is 2. The van der Waals surface area contributed by atoms with Crippen LogP contribution in [0.4, 0.5) is 11.4 Å². The molecule has 0 unspecified atom stereocenters. The summed E-state index contributed by atoms with van der Waals surface area (Å²) in [6.45, 7) is -0.0970. The van der Waals surface area contributed by atoms with E-state index in [1.807, 2.05) is 0 Å². The topological polar surface area (TPSA) is 136 Å². The fraction of sp³-hybridized carbons (Fsp3) is 0.167. The van der Waals surface area contributed by atoms with Crippen molar-refractivity contribution in [2.24, 2.45) is 0 Å². The van der Waals surface area contributed by atoms with Crippen LogP contribution in [-0.4, -0.2) is 35.8 Å². The number of methoxy groups -OCH3 is 2. The summed E-state index contributed by atoms with van der Waals surface area (Å²) in [5.41, 5.74) is -1.00. The predicted octanol–water partition coefficient (Wildman–Crippen LogP) is 3.46. The van der Waals surface area contributed by atoms with Crippen LogP contribution in [0.2, 0.25) is 0 Å². The lowest BCUT2D eigenvalue weighted by molar-refractivity contribution is -0.385. The molecule has 11 nitrogen and oxygen atoms in total. The summed E-state index contributed by atoms with van der Waals surface area (Å²) in [5.74, 6) is 1.09. The molecule has 0 fully saturated rings. The lowest BCUT2D eigenvalue weighted by atomic mass is 10.0. The van der Waals surface area contributed by atoms with Crippen LogP contribution in [-0.2, 0) is 0 Å². The molecule has 3 aromatic rings. The van der Waals surface area contributed by atoms with Gasteiger partial charge < -0.3 is 18.9 Å². The molecule has 1 aromatic heterocycles. The number of nitrogens with zero attached hydrogens (tertiary/aromatic N) is 3. The maximum absolute atomic E-state index is 11.9. The van der Waals surface area contributed by atoms with Crippen molar-refractivity contribution in [1.82, 2.24) is 4.98 Å². The SMILES string of the molecule is COc1cc2cnc(-c3cc4c(cc3[N+](=O)[O-])OCO4)c([N+](=O)[O-])c2cc1OC. The Morgan fingerprint density at radius 3 is 2.24 bits per heavy atom. The number of hydrogen-bond donors (Lipinski definition) is 0. The second kappa shape index (κ2) is 6.78. The van der Waals surface area contributed by atoms with E-state index in [0.29, 0.717) is 11.1 Å². The molecule has 11 heteroatoms. The van der Waals surface area contributed by atoms with E-state index in [-0.39, 0.29) is 46.4 Å². The van der Waals surface area contributed by atoms with E-state index >= 15 is 0 Å². The molecule has 0 radical (unpaired) electrons. The molecule has 4 rings (SSSR count). The standard InChI is InChI=1S/C18H13N3O8/c1-26-13-3-9-7-19-17(18(21(24)25)10(9)4-14(13)27-2)11-5-15-16(29-8-28-15)6-12(11)20(22)23/h3-7H,8H2,1-2H3. The molecule has 2 aromatic carbocycles. The molecular formula is C18H13N3O8. The quantitative estimate of drug-likeness (QED) is 0.466. The molecule has 2 heterocycles. The van der Waals surface area contributed by atoms with Crippen LogP contribution in [0.5, 0.6) is 23.0 Å². The summed E-state index contributed by atoms with van der Waals surface area (Å²) in [4.78, 5) is 26.4. The Hall–Kier alpha value is -4.15. The monoisotopic (exact) mass is 399 g/mol. The van der Waals surface area contributed by atoms with Gasteiger partial charge >= 0.3 is 5.69 Å². The molecule has 148 valence electrons. The molecule has 0 saturated heterocycles. The van der Waals surface area contributed by atoms with Gasteiger partial charge in [-0.2, -0.15) is 0 Å². The molecule has 0 aliphatic carbocycles. The van der Waals surface area contributed by atoms with Crippen LogP contribution in [0, 0.1) is 20.2 Å². The number of pyridine rings is 1. The molecule has 1 aliphatic heterocycles. The molecular weight excluding hydrogens is 386 g/mol. The first-order valence-electron chi connectivity index (χ1n) is 8.22. The average molecular weight is 399 g/mol. The number of hydrogen-bond acceptors (Lipinski definition) is 9. The van der Waals surface area contributed by atoms with Crippen molar-refractivity contribution < 1.29 is 28.8 Å². The van der Waals surface area contributed by atoms with E-state index in [4.69, 9.17) is 18.9 Å². The third-order valence-corrected chi connectivity index (χ3v) is 4.49. The maximum atomic E-state index is 11.9. The lowest BCUT2D eigenvalue weighted by Crippen LogP contribution is -2.00. The fourth-order valence-corrected chi connectivity index (χ4v) is 3.18. The van der Waals surface area contributed by atoms with Gasteiger partial charge in [-0.15, -0.1) is 0 Å². The summed E-state index contributed by atoms with van der Waals surface area (Å²) in [6, 6.07) is 5.48. The normalized spacial score (nSPS) is 12.1. The Bertz CT molecular complexity index is 1180. The molecule has 0 atom stereocenters. The highest BCUT2D eigenvalue weighted by Gasteiger charge is 2.31. The second-order valence-electron chi connectivity index (χ2n) is 5.99. The average Bonchev–Trinajstić information content (AvgIpc) is 3.18. The zero-order valence-electron chi connectivity index (χ0n) is 15.2. The first kappa shape index (κ1) is 18.2. The van der Waals surface area contributed by atoms with Crippen LogP contribution < -0.4 is 18.9 Å². The third-order valence-electron chi connectivity index (χ3n) is 4.49. The predicted molar refractivity (Wildman–Crippen MR) is 99.7 cm³/mol. The number of aromatic nitrogens is 1. The highest BCUT2D eigenvalue weighted by molar-refractivity contribution is 5.99. The van der Waals surface area contributed by atoms with Gasteiger partial charge in [0.1, 0.15) is 0 Å². The van der Waals surface area contributed by atoms with Gasteiger partial charge in [-0.1, -0.05) is 0 Å². The highest BCUT2D eigenvalue weighted by Crippen LogP contribution is 2.46. The maximum Gasteiger partial charge on any atom is 0.303 e. The summed E-state index contributed by atoms with van der Waals surface area (Å²) in [7, 11) is 2.84. The van der Waals surface area contributed by atoms with E-state index in [1.54, 1.807) is 6.07 Å². The van der Waals surface area contributed by atoms with Crippen molar-refractivity contribution >= 4 is 22.1 Å². The van der Waals surface area contributed by atoms with Gasteiger partial charge in [0.2, 0.25) is 6.79 Å². The zero-order chi connectivity index (χ0) is 20.7. The van der Waals surface area contributed by atoms with Gasteiger partial charge in [0.25, 0.3) is 5.69 Å². The van der Waals surface area contributed by atoms with Gasteiger partial charge in [-0.3, -0.25) is 20.2 Å². The minimum atomic E-state index is -0.651. The number of benzene rings is 2. The summed E-state index contributed by atoms with van der Waals surface area (Å²) in [5, 5.41) is 24.2. The van der Waals surface area contributed by atoms with Crippen molar-refractivity contribution in [3.8, 4) is 34.3 Å².